The van der Waals surface area contributed by atoms with Gasteiger partial charge < -0.3 is 9.21 Å². The van der Waals surface area contributed by atoms with Gasteiger partial charge in [0.1, 0.15) is 12.0 Å². The first-order chi connectivity index (χ1) is 6.90. The highest BCUT2D eigenvalue weighted by Crippen LogP contribution is 2.23. The molecule has 0 bridgehead atoms. The first-order valence-electron chi connectivity index (χ1n) is 4.41. The molecule has 1 atom stereocenters. The van der Waals surface area contributed by atoms with Crippen molar-refractivity contribution in [1.82, 2.24) is 0 Å². The van der Waals surface area contributed by atoms with Crippen LogP contribution in [0.2, 0.25) is 0 Å². The molecule has 3 heteroatoms. The Labute approximate surface area is 86.2 Å². The molecule has 72 valence electrons. The van der Waals surface area contributed by atoms with Gasteiger partial charge in [-0.05, 0) is 23.6 Å². The zero-order valence-electron chi connectivity index (χ0n) is 7.55. The van der Waals surface area contributed by atoms with Gasteiger partial charge in [0, 0.05) is 11.3 Å². The molecule has 14 heavy (non-hydrogen) atoms. The zero-order chi connectivity index (χ0) is 9.80. The van der Waals surface area contributed by atoms with Crippen molar-refractivity contribution in [2.24, 2.45) is 0 Å². The van der Waals surface area contributed by atoms with Crippen molar-refractivity contribution in [3.8, 4) is 0 Å². The highest BCUT2D eigenvalue weighted by molar-refractivity contribution is 7.10. The Morgan fingerprint density at radius 1 is 1.43 bits per heavy atom. The first-order valence-corrected chi connectivity index (χ1v) is 5.29. The normalized spacial score (nSPS) is 12.6. The molecule has 0 N–H and O–H groups in total. The highest BCUT2D eigenvalue weighted by Gasteiger charge is 2.13. The van der Waals surface area contributed by atoms with Crippen LogP contribution in [0.25, 0.3) is 0 Å². The summed E-state index contributed by atoms with van der Waals surface area (Å²) in [6.07, 6.45) is 3.26. The summed E-state index contributed by atoms with van der Waals surface area (Å²) in [7, 11) is 0. The molecular weight excluding hydrogens is 196 g/mol. The summed E-state index contributed by atoms with van der Waals surface area (Å²) in [6, 6.07) is 7.67. The average Bonchev–Trinajstić information content (AvgIpc) is 2.86. The van der Waals surface area contributed by atoms with Crippen LogP contribution in [0.4, 0.5) is 0 Å². The molecular formula is C11H10O2S. The van der Waals surface area contributed by atoms with E-state index in [9.17, 15) is 4.79 Å². The van der Waals surface area contributed by atoms with E-state index in [1.165, 1.54) is 0 Å². The van der Waals surface area contributed by atoms with Gasteiger partial charge in [0.05, 0.1) is 12.2 Å². The van der Waals surface area contributed by atoms with Crippen LogP contribution in [0.1, 0.15) is 16.6 Å². The second-order valence-electron chi connectivity index (χ2n) is 3.04. The lowest BCUT2D eigenvalue weighted by atomic mass is 10.0. The molecule has 2 aromatic heterocycles. The summed E-state index contributed by atoms with van der Waals surface area (Å²) in [5.41, 5.74) is 0. The van der Waals surface area contributed by atoms with E-state index in [1.807, 2.05) is 29.6 Å². The maximum Gasteiger partial charge on any atom is 0.128 e. The molecule has 2 nitrogen and oxygen atoms in total. The third-order valence-electron chi connectivity index (χ3n) is 2.07. The van der Waals surface area contributed by atoms with E-state index in [0.717, 1.165) is 16.9 Å². The van der Waals surface area contributed by atoms with Gasteiger partial charge in [-0.15, -0.1) is 11.3 Å². The van der Waals surface area contributed by atoms with Gasteiger partial charge in [-0.1, -0.05) is 6.07 Å². The molecule has 0 aliphatic carbocycles. The van der Waals surface area contributed by atoms with Crippen molar-refractivity contribution in [3.05, 3.63) is 46.5 Å². The van der Waals surface area contributed by atoms with E-state index in [4.69, 9.17) is 4.42 Å². The third-order valence-corrected chi connectivity index (χ3v) is 3.08. The lowest BCUT2D eigenvalue weighted by molar-refractivity contribution is -0.109. The maximum atomic E-state index is 10.9. The first kappa shape index (κ1) is 9.21. The fourth-order valence-electron chi connectivity index (χ4n) is 1.36. The van der Waals surface area contributed by atoms with Crippen LogP contribution >= 0.6 is 11.3 Å². The molecule has 0 amide bonds. The molecule has 0 spiro atoms. The number of hydrogen-bond donors (Lipinski definition) is 0. The van der Waals surface area contributed by atoms with Gasteiger partial charge in [-0.25, -0.2) is 0 Å². The Kier molecular flexibility index (Phi) is 2.79. The van der Waals surface area contributed by atoms with Crippen LogP contribution < -0.4 is 0 Å². The van der Waals surface area contributed by atoms with E-state index in [2.05, 4.69) is 0 Å². The van der Waals surface area contributed by atoms with Crippen LogP contribution in [0.15, 0.2) is 40.3 Å². The van der Waals surface area contributed by atoms with Crippen LogP contribution in [0.5, 0.6) is 0 Å². The molecule has 1 unspecified atom stereocenters. The van der Waals surface area contributed by atoms with Crippen LogP contribution in [-0.4, -0.2) is 6.29 Å². The van der Waals surface area contributed by atoms with E-state index >= 15 is 0 Å². The van der Waals surface area contributed by atoms with Crippen LogP contribution in [0, 0.1) is 0 Å². The minimum absolute atomic E-state index is 0.0684. The Balaban J connectivity index is 2.12. The standard InChI is InChI=1S/C11H10O2S/c12-8-9(11-4-2-6-14-11)7-10-3-1-5-13-10/h1-6,8-9H,7H2. The zero-order valence-corrected chi connectivity index (χ0v) is 8.37. The molecule has 0 aliphatic rings. The molecule has 2 aromatic rings. The summed E-state index contributed by atoms with van der Waals surface area (Å²) in [5.74, 6) is 0.789. The van der Waals surface area contributed by atoms with Crippen LogP contribution in [-0.2, 0) is 11.2 Å². The smallest absolute Gasteiger partial charge is 0.128 e. The minimum atomic E-state index is -0.0684. The SMILES string of the molecule is O=CC(Cc1ccco1)c1cccs1. The number of furan rings is 1. The molecule has 0 fully saturated rings. The third kappa shape index (κ3) is 1.93. The van der Waals surface area contributed by atoms with Gasteiger partial charge in [0.25, 0.3) is 0 Å². The topological polar surface area (TPSA) is 30.2 Å². The molecule has 0 radical (unpaired) electrons. The van der Waals surface area contributed by atoms with Crippen molar-refractivity contribution in [1.29, 1.82) is 0 Å². The average molecular weight is 206 g/mol. The lowest BCUT2D eigenvalue weighted by Gasteiger charge is -2.04. The van der Waals surface area contributed by atoms with Crippen molar-refractivity contribution in [3.63, 3.8) is 0 Å². The molecule has 0 aromatic carbocycles. The van der Waals surface area contributed by atoms with Crippen molar-refractivity contribution in [2.45, 2.75) is 12.3 Å². The molecule has 2 rings (SSSR count). The Hall–Kier alpha value is -1.35. The van der Waals surface area contributed by atoms with E-state index < -0.39 is 0 Å². The Morgan fingerprint density at radius 2 is 2.36 bits per heavy atom. The van der Waals surface area contributed by atoms with E-state index in [1.54, 1.807) is 17.6 Å². The predicted molar refractivity (Wildman–Crippen MR) is 55.5 cm³/mol. The summed E-state index contributed by atoms with van der Waals surface area (Å²) in [6.45, 7) is 0. The molecule has 0 saturated carbocycles. The minimum Gasteiger partial charge on any atom is -0.469 e. The number of carbonyl (C=O) groups is 1. The second kappa shape index (κ2) is 4.24. The van der Waals surface area contributed by atoms with Crippen molar-refractivity contribution >= 4 is 17.6 Å². The Morgan fingerprint density at radius 3 is 2.93 bits per heavy atom. The Bertz CT molecular complexity index is 375. The number of carbonyl (C=O) groups excluding carboxylic acids is 1. The maximum absolute atomic E-state index is 10.9. The number of rotatable bonds is 4. The van der Waals surface area contributed by atoms with Gasteiger partial charge in [-0.3, -0.25) is 0 Å². The molecule has 0 aliphatic heterocycles. The van der Waals surface area contributed by atoms with Gasteiger partial charge in [0.2, 0.25) is 0 Å². The summed E-state index contributed by atoms with van der Waals surface area (Å²) in [5, 5.41) is 1.98. The predicted octanol–water partition coefficient (Wildman–Crippen LogP) is 2.87. The summed E-state index contributed by atoms with van der Waals surface area (Å²) in [4.78, 5) is 12.0. The van der Waals surface area contributed by atoms with E-state index in [0.29, 0.717) is 6.42 Å². The molecule has 0 saturated heterocycles. The van der Waals surface area contributed by atoms with E-state index in [-0.39, 0.29) is 5.92 Å². The summed E-state index contributed by atoms with van der Waals surface area (Å²) < 4.78 is 5.21. The monoisotopic (exact) mass is 206 g/mol. The number of thiophene rings is 1. The van der Waals surface area contributed by atoms with Gasteiger partial charge in [0.15, 0.2) is 0 Å². The quantitative estimate of drug-likeness (QED) is 0.720. The largest absolute Gasteiger partial charge is 0.469 e. The lowest BCUT2D eigenvalue weighted by Crippen LogP contribution is -2.01. The van der Waals surface area contributed by atoms with Gasteiger partial charge >= 0.3 is 0 Å². The molecule has 2 heterocycles. The second-order valence-corrected chi connectivity index (χ2v) is 4.02. The fourth-order valence-corrected chi connectivity index (χ4v) is 2.15. The number of aldehydes is 1. The summed E-state index contributed by atoms with van der Waals surface area (Å²) >= 11 is 1.60. The van der Waals surface area contributed by atoms with Crippen molar-refractivity contribution < 1.29 is 9.21 Å². The number of hydrogen-bond acceptors (Lipinski definition) is 3. The van der Waals surface area contributed by atoms with Crippen molar-refractivity contribution in [2.75, 3.05) is 0 Å². The highest BCUT2D eigenvalue weighted by atomic mass is 32.1. The fraction of sp³-hybridized carbons (Fsp3) is 0.182. The van der Waals surface area contributed by atoms with Gasteiger partial charge in [-0.2, -0.15) is 0 Å². The van der Waals surface area contributed by atoms with Crippen LogP contribution in [0.3, 0.4) is 0 Å².